The highest BCUT2D eigenvalue weighted by molar-refractivity contribution is 6.31. The molecule has 19 heavy (non-hydrogen) atoms. The van der Waals surface area contributed by atoms with Crippen LogP contribution in [0.25, 0.3) is 11.0 Å². The van der Waals surface area contributed by atoms with E-state index in [0.717, 1.165) is 11.6 Å². The maximum absolute atomic E-state index is 13.6. The van der Waals surface area contributed by atoms with Crippen molar-refractivity contribution in [2.45, 2.75) is 6.04 Å². The van der Waals surface area contributed by atoms with Gasteiger partial charge >= 0.3 is 0 Å². The standard InChI is InChI=1S/C14H10ClFN2O/c15-9-1-2-12-8(5-9)6-13(19-12)14(17)10-3-4-18-7-11(10)16/h1-7,14H,17H2. The van der Waals surface area contributed by atoms with Crippen molar-refractivity contribution in [2.24, 2.45) is 5.73 Å². The van der Waals surface area contributed by atoms with Crippen molar-refractivity contribution < 1.29 is 8.81 Å². The SMILES string of the molecule is NC(c1cc2cc(Cl)ccc2o1)c1ccncc1F. The number of nitrogens with zero attached hydrogens (tertiary/aromatic N) is 1. The van der Waals surface area contributed by atoms with Crippen LogP contribution in [0.2, 0.25) is 5.02 Å². The van der Waals surface area contributed by atoms with Gasteiger partial charge in [-0.25, -0.2) is 4.39 Å². The van der Waals surface area contributed by atoms with E-state index in [1.807, 2.05) is 0 Å². The van der Waals surface area contributed by atoms with E-state index >= 15 is 0 Å². The molecule has 3 nitrogen and oxygen atoms in total. The Kier molecular flexibility index (Phi) is 2.97. The van der Waals surface area contributed by atoms with Gasteiger partial charge in [-0.15, -0.1) is 0 Å². The minimum Gasteiger partial charge on any atom is -0.459 e. The molecule has 3 rings (SSSR count). The summed E-state index contributed by atoms with van der Waals surface area (Å²) in [6, 6.07) is 7.91. The smallest absolute Gasteiger partial charge is 0.146 e. The summed E-state index contributed by atoms with van der Waals surface area (Å²) in [5, 5.41) is 1.45. The monoisotopic (exact) mass is 276 g/mol. The Morgan fingerprint density at radius 1 is 1.26 bits per heavy atom. The van der Waals surface area contributed by atoms with Gasteiger partial charge in [0.25, 0.3) is 0 Å². The fourth-order valence-corrected chi connectivity index (χ4v) is 2.16. The fraction of sp³-hybridized carbons (Fsp3) is 0.0714. The van der Waals surface area contributed by atoms with Crippen molar-refractivity contribution >= 4 is 22.6 Å². The number of halogens is 2. The molecule has 0 bridgehead atoms. The number of fused-ring (bicyclic) bond motifs is 1. The molecule has 1 atom stereocenters. The Morgan fingerprint density at radius 2 is 2.11 bits per heavy atom. The van der Waals surface area contributed by atoms with Crippen LogP contribution in [-0.4, -0.2) is 4.98 Å². The van der Waals surface area contributed by atoms with Crippen molar-refractivity contribution in [3.05, 3.63) is 64.9 Å². The van der Waals surface area contributed by atoms with Gasteiger partial charge < -0.3 is 10.2 Å². The summed E-state index contributed by atoms with van der Waals surface area (Å²) in [5.41, 5.74) is 7.04. The lowest BCUT2D eigenvalue weighted by Gasteiger charge is -2.09. The van der Waals surface area contributed by atoms with Crippen molar-refractivity contribution in [1.29, 1.82) is 0 Å². The molecule has 0 saturated heterocycles. The molecular weight excluding hydrogens is 267 g/mol. The molecule has 5 heteroatoms. The summed E-state index contributed by atoms with van der Waals surface area (Å²) >= 11 is 5.91. The summed E-state index contributed by atoms with van der Waals surface area (Å²) < 4.78 is 19.3. The van der Waals surface area contributed by atoms with E-state index in [-0.39, 0.29) is 0 Å². The van der Waals surface area contributed by atoms with Crippen molar-refractivity contribution in [3.8, 4) is 0 Å². The molecule has 2 N–H and O–H groups in total. The van der Waals surface area contributed by atoms with E-state index in [1.165, 1.54) is 6.20 Å². The summed E-state index contributed by atoms with van der Waals surface area (Å²) in [7, 11) is 0. The molecular formula is C14H10ClFN2O. The molecule has 0 saturated carbocycles. The number of hydrogen-bond acceptors (Lipinski definition) is 3. The first kappa shape index (κ1) is 12.1. The third-order valence-corrected chi connectivity index (χ3v) is 3.18. The average molecular weight is 277 g/mol. The topological polar surface area (TPSA) is 52.0 Å². The van der Waals surface area contributed by atoms with Crippen LogP contribution in [0.3, 0.4) is 0 Å². The quantitative estimate of drug-likeness (QED) is 0.777. The highest BCUT2D eigenvalue weighted by Gasteiger charge is 2.17. The Morgan fingerprint density at radius 3 is 2.89 bits per heavy atom. The van der Waals surface area contributed by atoms with Crippen LogP contribution >= 0.6 is 11.6 Å². The van der Waals surface area contributed by atoms with Crippen LogP contribution in [0.15, 0.2) is 47.1 Å². The highest BCUT2D eigenvalue weighted by Crippen LogP contribution is 2.29. The maximum Gasteiger partial charge on any atom is 0.146 e. The fourth-order valence-electron chi connectivity index (χ4n) is 1.98. The summed E-state index contributed by atoms with van der Waals surface area (Å²) in [4.78, 5) is 3.70. The number of benzene rings is 1. The van der Waals surface area contributed by atoms with E-state index in [4.69, 9.17) is 21.8 Å². The minimum absolute atomic E-state index is 0.347. The predicted molar refractivity (Wildman–Crippen MR) is 71.4 cm³/mol. The lowest BCUT2D eigenvalue weighted by atomic mass is 10.1. The summed E-state index contributed by atoms with van der Waals surface area (Å²) in [6.07, 6.45) is 2.63. The minimum atomic E-state index is -0.672. The number of rotatable bonds is 2. The van der Waals surface area contributed by atoms with Crippen LogP contribution < -0.4 is 5.73 Å². The molecule has 0 fully saturated rings. The molecule has 0 aliphatic heterocycles. The molecule has 0 aliphatic carbocycles. The van der Waals surface area contributed by atoms with Gasteiger partial charge in [0.05, 0.1) is 12.2 Å². The molecule has 0 amide bonds. The van der Waals surface area contributed by atoms with Crippen LogP contribution in [0.1, 0.15) is 17.4 Å². The molecule has 3 aromatic rings. The normalized spacial score (nSPS) is 12.8. The highest BCUT2D eigenvalue weighted by atomic mass is 35.5. The molecule has 2 heterocycles. The zero-order valence-electron chi connectivity index (χ0n) is 9.81. The van der Waals surface area contributed by atoms with E-state index in [2.05, 4.69) is 4.98 Å². The number of aromatic nitrogens is 1. The van der Waals surface area contributed by atoms with E-state index < -0.39 is 11.9 Å². The second-order valence-corrected chi connectivity index (χ2v) is 4.64. The summed E-state index contributed by atoms with van der Waals surface area (Å²) in [5.74, 6) is 0.0378. The zero-order chi connectivity index (χ0) is 13.4. The van der Waals surface area contributed by atoms with Gasteiger partial charge in [-0.1, -0.05) is 11.6 Å². The Labute approximate surface area is 113 Å². The molecule has 0 aliphatic rings. The number of furan rings is 1. The van der Waals surface area contributed by atoms with Crippen LogP contribution in [0.4, 0.5) is 4.39 Å². The second-order valence-electron chi connectivity index (χ2n) is 4.21. The van der Waals surface area contributed by atoms with Crippen LogP contribution in [0, 0.1) is 5.82 Å². The maximum atomic E-state index is 13.6. The van der Waals surface area contributed by atoms with Gasteiger partial charge in [-0.05, 0) is 30.3 Å². The first-order chi connectivity index (χ1) is 9.15. The predicted octanol–water partition coefficient (Wildman–Crippen LogP) is 3.67. The van der Waals surface area contributed by atoms with Crippen LogP contribution in [0.5, 0.6) is 0 Å². The van der Waals surface area contributed by atoms with Crippen molar-refractivity contribution in [1.82, 2.24) is 4.98 Å². The number of hydrogen-bond donors (Lipinski definition) is 1. The Bertz CT molecular complexity index is 741. The van der Waals surface area contributed by atoms with Gasteiger partial charge in [-0.3, -0.25) is 4.98 Å². The van der Waals surface area contributed by atoms with Gasteiger partial charge in [-0.2, -0.15) is 0 Å². The molecule has 2 aromatic heterocycles. The van der Waals surface area contributed by atoms with Gasteiger partial charge in [0.15, 0.2) is 0 Å². The van der Waals surface area contributed by atoms with Gasteiger partial charge in [0, 0.05) is 22.2 Å². The van der Waals surface area contributed by atoms with E-state index in [0.29, 0.717) is 21.9 Å². The van der Waals surface area contributed by atoms with Crippen molar-refractivity contribution in [3.63, 3.8) is 0 Å². The lowest BCUT2D eigenvalue weighted by Crippen LogP contribution is -2.12. The number of nitrogens with two attached hydrogens (primary N) is 1. The third-order valence-electron chi connectivity index (χ3n) is 2.94. The Balaban J connectivity index is 2.07. The molecule has 96 valence electrons. The molecule has 1 aromatic carbocycles. The molecule has 0 spiro atoms. The van der Waals surface area contributed by atoms with E-state index in [9.17, 15) is 4.39 Å². The summed E-state index contributed by atoms with van der Waals surface area (Å²) in [6.45, 7) is 0. The van der Waals surface area contributed by atoms with Gasteiger partial charge in [0.1, 0.15) is 17.2 Å². The lowest BCUT2D eigenvalue weighted by molar-refractivity contribution is 0.509. The Hall–Kier alpha value is -1.91. The molecule has 0 radical (unpaired) electrons. The van der Waals surface area contributed by atoms with Crippen molar-refractivity contribution in [2.75, 3.05) is 0 Å². The second kappa shape index (κ2) is 4.64. The first-order valence-corrected chi connectivity index (χ1v) is 6.07. The third kappa shape index (κ3) is 2.20. The number of pyridine rings is 1. The molecule has 1 unspecified atom stereocenters. The zero-order valence-corrected chi connectivity index (χ0v) is 10.6. The van der Waals surface area contributed by atoms with E-state index in [1.54, 1.807) is 30.3 Å². The first-order valence-electron chi connectivity index (χ1n) is 5.69. The average Bonchev–Trinajstić information content (AvgIpc) is 2.81. The van der Waals surface area contributed by atoms with Crippen LogP contribution in [-0.2, 0) is 0 Å². The van der Waals surface area contributed by atoms with Gasteiger partial charge in [0.2, 0.25) is 0 Å². The largest absolute Gasteiger partial charge is 0.459 e.